The summed E-state index contributed by atoms with van der Waals surface area (Å²) in [5, 5.41) is 0.895. The quantitative estimate of drug-likeness (QED) is 0.395. The van der Waals surface area contributed by atoms with E-state index in [1.807, 2.05) is 48.5 Å². The molecule has 7 heteroatoms. The molecule has 2 heterocycles. The lowest BCUT2D eigenvalue weighted by Gasteiger charge is -2.12. The highest BCUT2D eigenvalue weighted by atomic mass is 16.7. The molecule has 0 aliphatic carbocycles. The van der Waals surface area contributed by atoms with Gasteiger partial charge in [-0.05, 0) is 42.0 Å². The molecule has 4 aromatic rings. The van der Waals surface area contributed by atoms with Crippen LogP contribution in [0.2, 0.25) is 0 Å². The van der Waals surface area contributed by atoms with Gasteiger partial charge in [-0.2, -0.15) is 0 Å². The van der Waals surface area contributed by atoms with Gasteiger partial charge in [0.1, 0.15) is 11.3 Å². The van der Waals surface area contributed by atoms with Crippen molar-refractivity contribution >= 4 is 11.0 Å². The zero-order valence-corrected chi connectivity index (χ0v) is 18.2. The summed E-state index contributed by atoms with van der Waals surface area (Å²) in [5.41, 5.74) is 3.32. The largest absolute Gasteiger partial charge is 0.493 e. The van der Waals surface area contributed by atoms with Crippen molar-refractivity contribution in [3.05, 3.63) is 48.5 Å². The standard InChI is InChI=1S/C25H22O7/c1-26-17-7-5-14(9-20(17)28-3)24-16-11-22-23(31-13-30-22)12-19(16)32-25(24)15-6-8-18(27-2)21(10-15)29-4/h5-12H,13H2,1-4H3. The highest BCUT2D eigenvalue weighted by Gasteiger charge is 2.24. The number of methoxy groups -OCH3 is 4. The second kappa shape index (κ2) is 7.92. The van der Waals surface area contributed by atoms with E-state index in [0.717, 1.165) is 22.1 Å². The number of rotatable bonds is 6. The maximum atomic E-state index is 6.36. The molecule has 0 fully saturated rings. The number of hydrogen-bond donors (Lipinski definition) is 0. The fourth-order valence-electron chi connectivity index (χ4n) is 3.95. The number of benzene rings is 3. The SMILES string of the molecule is COc1ccc(-c2oc3cc4c(cc3c2-c2ccc(OC)c(OC)c2)OCO4)cc1OC. The van der Waals surface area contributed by atoms with E-state index >= 15 is 0 Å². The molecule has 7 nitrogen and oxygen atoms in total. The summed E-state index contributed by atoms with van der Waals surface area (Å²) in [6.45, 7) is 0.191. The van der Waals surface area contributed by atoms with Crippen LogP contribution in [0.4, 0.5) is 0 Å². The molecule has 0 N–H and O–H groups in total. The summed E-state index contributed by atoms with van der Waals surface area (Å²) >= 11 is 0. The molecular weight excluding hydrogens is 412 g/mol. The molecule has 0 radical (unpaired) electrons. The van der Waals surface area contributed by atoms with Gasteiger partial charge in [0, 0.05) is 22.6 Å². The van der Waals surface area contributed by atoms with E-state index in [0.29, 0.717) is 45.8 Å². The highest BCUT2D eigenvalue weighted by Crippen LogP contribution is 2.48. The minimum Gasteiger partial charge on any atom is -0.493 e. The van der Waals surface area contributed by atoms with Crippen LogP contribution in [0.5, 0.6) is 34.5 Å². The Bertz CT molecular complexity index is 1310. The molecule has 0 unspecified atom stereocenters. The second-order valence-electron chi connectivity index (χ2n) is 7.15. The molecule has 1 aromatic heterocycles. The zero-order valence-electron chi connectivity index (χ0n) is 18.2. The Kier molecular flexibility index (Phi) is 4.93. The lowest BCUT2D eigenvalue weighted by Crippen LogP contribution is -1.93. The summed E-state index contributed by atoms with van der Waals surface area (Å²) in [6.07, 6.45) is 0. The molecule has 1 aliphatic rings. The topological polar surface area (TPSA) is 68.5 Å². The Morgan fingerprint density at radius 1 is 0.625 bits per heavy atom. The van der Waals surface area contributed by atoms with E-state index in [2.05, 4.69) is 0 Å². The van der Waals surface area contributed by atoms with Crippen LogP contribution in [0.1, 0.15) is 0 Å². The average Bonchev–Trinajstić information content (AvgIpc) is 3.45. The third-order valence-electron chi connectivity index (χ3n) is 5.50. The number of fused-ring (bicyclic) bond motifs is 2. The average molecular weight is 434 g/mol. The van der Waals surface area contributed by atoms with E-state index < -0.39 is 0 Å². The normalized spacial score (nSPS) is 12.1. The fourth-order valence-corrected chi connectivity index (χ4v) is 3.95. The van der Waals surface area contributed by atoms with Crippen molar-refractivity contribution in [3.8, 4) is 56.9 Å². The van der Waals surface area contributed by atoms with Gasteiger partial charge in [0.05, 0.1) is 28.4 Å². The Labute approximate surface area is 185 Å². The third-order valence-corrected chi connectivity index (χ3v) is 5.50. The van der Waals surface area contributed by atoms with Gasteiger partial charge in [-0.3, -0.25) is 0 Å². The van der Waals surface area contributed by atoms with Crippen molar-refractivity contribution in [1.82, 2.24) is 0 Å². The van der Waals surface area contributed by atoms with Gasteiger partial charge in [-0.1, -0.05) is 6.07 Å². The van der Waals surface area contributed by atoms with Crippen molar-refractivity contribution in [2.24, 2.45) is 0 Å². The van der Waals surface area contributed by atoms with Gasteiger partial charge in [-0.15, -0.1) is 0 Å². The number of ether oxygens (including phenoxy) is 6. The van der Waals surface area contributed by atoms with Crippen LogP contribution < -0.4 is 28.4 Å². The Morgan fingerprint density at radius 3 is 1.81 bits per heavy atom. The Hall–Kier alpha value is -4.00. The Morgan fingerprint density at radius 2 is 1.19 bits per heavy atom. The highest BCUT2D eigenvalue weighted by molar-refractivity contribution is 6.03. The molecule has 1 aliphatic heterocycles. The molecule has 0 saturated heterocycles. The molecule has 164 valence electrons. The number of furan rings is 1. The minimum atomic E-state index is 0.191. The van der Waals surface area contributed by atoms with Crippen molar-refractivity contribution in [1.29, 1.82) is 0 Å². The van der Waals surface area contributed by atoms with Crippen LogP contribution in [0, 0.1) is 0 Å². The van der Waals surface area contributed by atoms with Gasteiger partial charge in [-0.25, -0.2) is 0 Å². The first kappa shape index (κ1) is 19.9. The van der Waals surface area contributed by atoms with Crippen LogP contribution in [0.3, 0.4) is 0 Å². The fraction of sp³-hybridized carbons (Fsp3) is 0.200. The van der Waals surface area contributed by atoms with Crippen molar-refractivity contribution in [3.63, 3.8) is 0 Å². The maximum absolute atomic E-state index is 6.36. The van der Waals surface area contributed by atoms with Crippen LogP contribution in [0.15, 0.2) is 52.9 Å². The first-order chi connectivity index (χ1) is 15.7. The molecule has 0 saturated carbocycles. The van der Waals surface area contributed by atoms with E-state index in [1.165, 1.54) is 0 Å². The molecule has 32 heavy (non-hydrogen) atoms. The van der Waals surface area contributed by atoms with Crippen LogP contribution in [-0.4, -0.2) is 35.2 Å². The van der Waals surface area contributed by atoms with E-state index in [1.54, 1.807) is 28.4 Å². The molecule has 0 bridgehead atoms. The first-order valence-electron chi connectivity index (χ1n) is 9.97. The first-order valence-corrected chi connectivity index (χ1v) is 9.97. The van der Waals surface area contributed by atoms with Gasteiger partial charge < -0.3 is 32.8 Å². The summed E-state index contributed by atoms with van der Waals surface area (Å²) in [5.74, 6) is 4.53. The van der Waals surface area contributed by atoms with Crippen molar-refractivity contribution < 1.29 is 32.8 Å². The van der Waals surface area contributed by atoms with E-state index in [4.69, 9.17) is 32.8 Å². The maximum Gasteiger partial charge on any atom is 0.231 e. The molecule has 3 aromatic carbocycles. The minimum absolute atomic E-state index is 0.191. The summed E-state index contributed by atoms with van der Waals surface area (Å²) < 4.78 is 39.4. The molecule has 0 atom stereocenters. The van der Waals surface area contributed by atoms with E-state index in [-0.39, 0.29) is 6.79 Å². The van der Waals surface area contributed by atoms with Gasteiger partial charge in [0.2, 0.25) is 6.79 Å². The lowest BCUT2D eigenvalue weighted by molar-refractivity contribution is 0.174. The lowest BCUT2D eigenvalue weighted by atomic mass is 9.97. The molecule has 5 rings (SSSR count). The van der Waals surface area contributed by atoms with Crippen LogP contribution in [-0.2, 0) is 0 Å². The molecule has 0 spiro atoms. The smallest absolute Gasteiger partial charge is 0.231 e. The van der Waals surface area contributed by atoms with Gasteiger partial charge in [0.25, 0.3) is 0 Å². The predicted molar refractivity (Wildman–Crippen MR) is 119 cm³/mol. The summed E-state index contributed by atoms with van der Waals surface area (Å²) in [4.78, 5) is 0. The van der Waals surface area contributed by atoms with Crippen molar-refractivity contribution in [2.75, 3.05) is 35.2 Å². The third kappa shape index (κ3) is 3.13. The van der Waals surface area contributed by atoms with Gasteiger partial charge >= 0.3 is 0 Å². The predicted octanol–water partition coefficient (Wildman–Crippen LogP) is 5.53. The number of hydrogen-bond acceptors (Lipinski definition) is 7. The van der Waals surface area contributed by atoms with Gasteiger partial charge in [0.15, 0.2) is 34.5 Å². The zero-order chi connectivity index (χ0) is 22.2. The molecular formula is C25H22O7. The molecule has 0 amide bonds. The monoisotopic (exact) mass is 434 g/mol. The Balaban J connectivity index is 1.78. The van der Waals surface area contributed by atoms with E-state index in [9.17, 15) is 0 Å². The van der Waals surface area contributed by atoms with Crippen molar-refractivity contribution in [2.45, 2.75) is 0 Å². The summed E-state index contributed by atoms with van der Waals surface area (Å²) in [7, 11) is 6.44. The van der Waals surface area contributed by atoms with Crippen LogP contribution in [0.25, 0.3) is 33.4 Å². The second-order valence-corrected chi connectivity index (χ2v) is 7.15. The van der Waals surface area contributed by atoms with Crippen LogP contribution >= 0.6 is 0 Å². The summed E-state index contributed by atoms with van der Waals surface area (Å²) in [6, 6.07) is 15.2.